The lowest BCUT2D eigenvalue weighted by Crippen LogP contribution is -2.48. The SMILES string of the molecule is C=CCN(CC(=O)O)C(=O)C1CCCCCCN1. The van der Waals surface area contributed by atoms with E-state index in [1.54, 1.807) is 6.08 Å². The Balaban J connectivity index is 2.60. The van der Waals surface area contributed by atoms with Gasteiger partial charge < -0.3 is 15.3 Å². The molecule has 0 aromatic carbocycles. The molecule has 0 bridgehead atoms. The second-order valence-corrected chi connectivity index (χ2v) is 4.61. The highest BCUT2D eigenvalue weighted by atomic mass is 16.4. The molecule has 0 aromatic rings. The Bertz CT molecular complexity index is 297. The average molecular weight is 254 g/mol. The number of nitrogens with one attached hydrogen (secondary N) is 1. The Kier molecular flexibility index (Phi) is 6.43. The number of amides is 1. The van der Waals surface area contributed by atoms with Crippen LogP contribution in [0.5, 0.6) is 0 Å². The molecule has 0 aliphatic carbocycles. The van der Waals surface area contributed by atoms with Crippen molar-refractivity contribution in [1.29, 1.82) is 0 Å². The number of carboxylic acids is 1. The standard InChI is InChI=1S/C13H22N2O3/c1-2-9-15(10-12(16)17)13(18)11-7-5-3-4-6-8-14-11/h2,11,14H,1,3-10H2,(H,16,17). The summed E-state index contributed by atoms with van der Waals surface area (Å²) in [4.78, 5) is 24.3. The molecule has 18 heavy (non-hydrogen) atoms. The summed E-state index contributed by atoms with van der Waals surface area (Å²) in [6.45, 7) is 4.41. The van der Waals surface area contributed by atoms with Gasteiger partial charge >= 0.3 is 5.97 Å². The van der Waals surface area contributed by atoms with Crippen molar-refractivity contribution in [3.8, 4) is 0 Å². The Morgan fingerprint density at radius 3 is 2.72 bits per heavy atom. The van der Waals surface area contributed by atoms with Crippen molar-refractivity contribution in [3.63, 3.8) is 0 Å². The second kappa shape index (κ2) is 7.87. The van der Waals surface area contributed by atoms with Gasteiger partial charge in [-0.2, -0.15) is 0 Å². The van der Waals surface area contributed by atoms with Gasteiger partial charge in [-0.05, 0) is 19.4 Å². The van der Waals surface area contributed by atoms with Crippen molar-refractivity contribution in [3.05, 3.63) is 12.7 Å². The molecule has 0 saturated carbocycles. The largest absolute Gasteiger partial charge is 0.480 e. The molecule has 5 nitrogen and oxygen atoms in total. The predicted octanol–water partition coefficient (Wildman–Crippen LogP) is 1.01. The van der Waals surface area contributed by atoms with Gasteiger partial charge in [0.15, 0.2) is 0 Å². The topological polar surface area (TPSA) is 69.6 Å². The van der Waals surface area contributed by atoms with E-state index < -0.39 is 5.97 Å². The average Bonchev–Trinajstić information content (AvgIpc) is 2.26. The van der Waals surface area contributed by atoms with Crippen LogP contribution in [0.2, 0.25) is 0 Å². The van der Waals surface area contributed by atoms with Crippen molar-refractivity contribution in [2.24, 2.45) is 0 Å². The molecule has 0 radical (unpaired) electrons. The van der Waals surface area contributed by atoms with Gasteiger partial charge in [-0.1, -0.05) is 25.3 Å². The zero-order chi connectivity index (χ0) is 13.4. The number of carbonyl (C=O) groups excluding carboxylic acids is 1. The first-order valence-corrected chi connectivity index (χ1v) is 6.50. The van der Waals surface area contributed by atoms with E-state index in [1.165, 1.54) is 11.3 Å². The maximum Gasteiger partial charge on any atom is 0.323 e. The maximum atomic E-state index is 12.2. The Hall–Kier alpha value is -1.36. The summed E-state index contributed by atoms with van der Waals surface area (Å²) >= 11 is 0. The normalized spacial score (nSPS) is 20.6. The van der Waals surface area contributed by atoms with Crippen molar-refractivity contribution in [2.45, 2.75) is 38.1 Å². The Morgan fingerprint density at radius 1 is 1.33 bits per heavy atom. The second-order valence-electron chi connectivity index (χ2n) is 4.61. The molecule has 1 aliphatic heterocycles. The van der Waals surface area contributed by atoms with Gasteiger partial charge in [0.1, 0.15) is 6.54 Å². The molecule has 1 atom stereocenters. The molecular weight excluding hydrogens is 232 g/mol. The molecule has 1 amide bonds. The number of hydrogen-bond acceptors (Lipinski definition) is 3. The number of aliphatic carboxylic acids is 1. The summed E-state index contributed by atoms with van der Waals surface area (Å²) in [5, 5.41) is 12.0. The Labute approximate surface area is 108 Å². The van der Waals surface area contributed by atoms with Gasteiger partial charge in [-0.15, -0.1) is 6.58 Å². The summed E-state index contributed by atoms with van der Waals surface area (Å²) in [5.41, 5.74) is 0. The molecule has 1 saturated heterocycles. The number of rotatable bonds is 5. The van der Waals surface area contributed by atoms with E-state index in [4.69, 9.17) is 5.11 Å². The number of hydrogen-bond donors (Lipinski definition) is 2. The number of nitrogens with zero attached hydrogens (tertiary/aromatic N) is 1. The van der Waals surface area contributed by atoms with Crippen molar-refractivity contribution in [2.75, 3.05) is 19.6 Å². The van der Waals surface area contributed by atoms with Gasteiger partial charge in [0, 0.05) is 6.54 Å². The first-order valence-electron chi connectivity index (χ1n) is 6.50. The molecule has 1 aliphatic rings. The van der Waals surface area contributed by atoms with Gasteiger partial charge in [-0.3, -0.25) is 9.59 Å². The summed E-state index contributed by atoms with van der Waals surface area (Å²) in [7, 11) is 0. The van der Waals surface area contributed by atoms with Crippen molar-refractivity contribution < 1.29 is 14.7 Å². The minimum atomic E-state index is -0.990. The van der Waals surface area contributed by atoms with Crippen LogP contribution in [0.1, 0.15) is 32.1 Å². The summed E-state index contributed by atoms with van der Waals surface area (Å²) in [6.07, 6.45) is 6.77. The zero-order valence-electron chi connectivity index (χ0n) is 10.7. The lowest BCUT2D eigenvalue weighted by atomic mass is 10.0. The van der Waals surface area contributed by atoms with Crippen molar-refractivity contribution >= 4 is 11.9 Å². The third-order valence-corrected chi connectivity index (χ3v) is 3.10. The smallest absolute Gasteiger partial charge is 0.323 e. The molecule has 1 unspecified atom stereocenters. The van der Waals surface area contributed by atoms with Gasteiger partial charge in [-0.25, -0.2) is 0 Å². The van der Waals surface area contributed by atoms with Crippen LogP contribution < -0.4 is 5.32 Å². The van der Waals surface area contributed by atoms with E-state index in [0.717, 1.165) is 32.2 Å². The van der Waals surface area contributed by atoms with Crippen LogP contribution in [-0.4, -0.2) is 47.6 Å². The molecule has 1 rings (SSSR count). The number of carboxylic acid groups (broad SMARTS) is 1. The summed E-state index contributed by atoms with van der Waals surface area (Å²) in [6, 6.07) is -0.246. The van der Waals surface area contributed by atoms with Crippen LogP contribution in [-0.2, 0) is 9.59 Å². The van der Waals surface area contributed by atoms with E-state index in [0.29, 0.717) is 0 Å². The summed E-state index contributed by atoms with van der Waals surface area (Å²) in [5.74, 6) is -1.12. The van der Waals surface area contributed by atoms with E-state index >= 15 is 0 Å². The maximum absolute atomic E-state index is 12.2. The molecule has 102 valence electrons. The molecule has 5 heteroatoms. The predicted molar refractivity (Wildman–Crippen MR) is 69.3 cm³/mol. The lowest BCUT2D eigenvalue weighted by Gasteiger charge is -2.27. The van der Waals surface area contributed by atoms with E-state index in [9.17, 15) is 9.59 Å². The monoisotopic (exact) mass is 254 g/mol. The van der Waals surface area contributed by atoms with E-state index in [2.05, 4.69) is 11.9 Å². The van der Waals surface area contributed by atoms with Crippen LogP contribution in [0, 0.1) is 0 Å². The molecule has 1 heterocycles. The molecular formula is C13H22N2O3. The highest BCUT2D eigenvalue weighted by molar-refractivity contribution is 5.85. The summed E-state index contributed by atoms with van der Waals surface area (Å²) < 4.78 is 0. The Morgan fingerprint density at radius 2 is 2.06 bits per heavy atom. The fraction of sp³-hybridized carbons (Fsp3) is 0.692. The van der Waals surface area contributed by atoms with E-state index in [1.807, 2.05) is 0 Å². The minimum Gasteiger partial charge on any atom is -0.480 e. The van der Waals surface area contributed by atoms with Crippen LogP contribution in [0.15, 0.2) is 12.7 Å². The van der Waals surface area contributed by atoms with Crippen molar-refractivity contribution in [1.82, 2.24) is 10.2 Å². The fourth-order valence-electron chi connectivity index (χ4n) is 2.19. The van der Waals surface area contributed by atoms with Gasteiger partial charge in [0.25, 0.3) is 0 Å². The molecule has 0 spiro atoms. The van der Waals surface area contributed by atoms with Crippen LogP contribution in [0.4, 0.5) is 0 Å². The minimum absolute atomic E-state index is 0.126. The quantitative estimate of drug-likeness (QED) is 0.718. The molecule has 2 N–H and O–H groups in total. The molecule has 1 fully saturated rings. The third kappa shape index (κ3) is 4.87. The number of carbonyl (C=O) groups is 2. The lowest BCUT2D eigenvalue weighted by molar-refractivity contribution is -0.145. The first-order chi connectivity index (χ1) is 8.65. The van der Waals surface area contributed by atoms with Crippen LogP contribution in [0.25, 0.3) is 0 Å². The van der Waals surface area contributed by atoms with E-state index in [-0.39, 0.29) is 25.0 Å². The highest BCUT2D eigenvalue weighted by Gasteiger charge is 2.24. The first kappa shape index (κ1) is 14.7. The third-order valence-electron chi connectivity index (χ3n) is 3.10. The van der Waals surface area contributed by atoms with Crippen LogP contribution in [0.3, 0.4) is 0 Å². The highest BCUT2D eigenvalue weighted by Crippen LogP contribution is 2.11. The molecule has 0 aromatic heterocycles. The fourth-order valence-corrected chi connectivity index (χ4v) is 2.19. The van der Waals surface area contributed by atoms with Crippen LogP contribution >= 0.6 is 0 Å². The van der Waals surface area contributed by atoms with Gasteiger partial charge in [0.05, 0.1) is 6.04 Å². The van der Waals surface area contributed by atoms with Gasteiger partial charge in [0.2, 0.25) is 5.91 Å². The zero-order valence-corrected chi connectivity index (χ0v) is 10.7.